The fourth-order valence-corrected chi connectivity index (χ4v) is 41.7. The van der Waals surface area contributed by atoms with Crippen LogP contribution in [0.2, 0.25) is 0 Å². The maximum atomic E-state index is 14.9. The van der Waals surface area contributed by atoms with Gasteiger partial charge in [0.2, 0.25) is 0 Å². The van der Waals surface area contributed by atoms with E-state index in [1.165, 1.54) is 302 Å². The first-order chi connectivity index (χ1) is 72.5. The molecule has 26 fully saturated rings. The largest absolute Gasteiger partial charge is 0.374 e. The molecule has 0 spiro atoms. The summed E-state index contributed by atoms with van der Waals surface area (Å²) in [6, 6.07) is 4.96. The maximum absolute atomic E-state index is 14.9. The third-order valence-corrected chi connectivity index (χ3v) is 48.4. The van der Waals surface area contributed by atoms with Crippen molar-refractivity contribution in [2.24, 2.45) is 153 Å². The average molecular weight is 1950 g/mol. The van der Waals surface area contributed by atoms with Crippen LogP contribution in [0.5, 0.6) is 0 Å². The lowest BCUT2D eigenvalue weighted by Crippen LogP contribution is -2.58. The Hall–Kier alpha value is -0.570. The molecule has 37 unspecified atom stereocenters. The van der Waals surface area contributed by atoms with Gasteiger partial charge in [0.15, 0.2) is 0 Å². The summed E-state index contributed by atoms with van der Waals surface area (Å²) in [6.45, 7) is 15.0. The standard InChI is InChI=1S/C50H85NO2.C42H69NO2.C36H56F3NO2/c1-49(2,3)36-22-14-32(15-23-36)34-18-26-38(27-19-34)51(39-28-20-35(21-29-39)33-16-24-37(25-17-33)50(4,5)6)43-12-9-11-40-41-30-31-45-46(48(41)53-47(40)43)42-10-7-8-13-44(42)52-45;1-3-10-28(11-4-1)30-18-22-32(23-19-30)43(33-24-20-31(21-25-33)29-12-5-2-6-13-29)37-16-9-15-34-35-26-27-39-40(42(35)45-41(34)37)36-14-7-8-17-38(36)44-39;37-22-19-28(38)33(29(39)20-22)21-13-15-24(16-14-21)40(23-7-2-1-3-8-23)30-11-6-10-25-26-17-18-32-34(36(26)42-35(25)30)27-9-4-5-12-31(27)41-32/h32-48H,7-31H2,1-6H3;28-42H,1-27H2;21-36H,1-20H2/i;1D,2D,3D,4D,5D,6D,10D,11D,12D,13D;. The Labute approximate surface area is 867 Å². The van der Waals surface area contributed by atoms with Gasteiger partial charge in [-0.2, -0.15) is 0 Å². The molecule has 9 nitrogen and oxygen atoms in total. The molecule has 794 valence electrons. The zero-order valence-electron chi connectivity index (χ0n) is 99.3. The van der Waals surface area contributed by atoms with Crippen LogP contribution in [0.25, 0.3) is 0 Å². The number of hydrogen-bond donors (Lipinski definition) is 0. The minimum absolute atomic E-state index is 0.0689. The van der Waals surface area contributed by atoms with Crippen molar-refractivity contribution in [2.75, 3.05) is 0 Å². The molecular formula is C128H210F3N3O6. The summed E-state index contributed by atoms with van der Waals surface area (Å²) < 4.78 is 173. The van der Waals surface area contributed by atoms with E-state index >= 15 is 0 Å². The number of nitrogens with zero attached hydrogens (tertiary/aromatic N) is 3. The molecular weight excluding hydrogens is 1730 g/mol. The summed E-state index contributed by atoms with van der Waals surface area (Å²) in [5.41, 5.74) is 0.991. The Balaban J connectivity index is 0.000000121. The van der Waals surface area contributed by atoms with Crippen molar-refractivity contribution in [3.05, 3.63) is 0 Å². The molecule has 26 rings (SSSR count). The van der Waals surface area contributed by atoms with Crippen LogP contribution >= 0.6 is 0 Å². The highest BCUT2D eigenvalue weighted by Gasteiger charge is 2.66. The highest BCUT2D eigenvalue weighted by atomic mass is 19.2. The lowest BCUT2D eigenvalue weighted by molar-refractivity contribution is -0.105. The lowest BCUT2D eigenvalue weighted by Gasteiger charge is -2.52. The second kappa shape index (κ2) is 44.5. The molecule has 0 aromatic heterocycles. The first-order valence-corrected chi connectivity index (χ1v) is 62.9. The number of rotatable bonds is 14. The Morgan fingerprint density at radius 2 is 0.464 bits per heavy atom. The van der Waals surface area contributed by atoms with Crippen molar-refractivity contribution >= 4 is 0 Å². The zero-order valence-corrected chi connectivity index (χ0v) is 89.3. The second-order valence-electron chi connectivity index (χ2n) is 56.8. The van der Waals surface area contributed by atoms with Crippen LogP contribution in [0, 0.1) is 153 Å². The summed E-state index contributed by atoms with van der Waals surface area (Å²) in [6.07, 6.45) is 69.3. The van der Waals surface area contributed by atoms with E-state index in [1.54, 1.807) is 0 Å². The Morgan fingerprint density at radius 1 is 0.207 bits per heavy atom. The van der Waals surface area contributed by atoms with Crippen LogP contribution in [-0.4, -0.2) is 161 Å². The van der Waals surface area contributed by atoms with E-state index in [0.29, 0.717) is 174 Å². The fraction of sp³-hybridized carbons (Fsp3) is 1.00. The number of fused-ring (bicyclic) bond motifs is 21. The molecule has 0 amide bonds. The Bertz CT molecular complexity index is 4120. The molecule has 0 N–H and O–H groups in total. The van der Waals surface area contributed by atoms with E-state index in [1.807, 2.05) is 0 Å². The topological polar surface area (TPSA) is 65.1 Å². The van der Waals surface area contributed by atoms with Gasteiger partial charge in [-0.25, -0.2) is 13.2 Å². The van der Waals surface area contributed by atoms with Crippen molar-refractivity contribution in [3.8, 4) is 0 Å². The van der Waals surface area contributed by atoms with Crippen molar-refractivity contribution in [2.45, 2.75) is 650 Å². The average Bonchev–Trinajstić information content (AvgIpc) is 1.57. The first kappa shape index (κ1) is 89.9. The van der Waals surface area contributed by atoms with E-state index in [4.69, 9.17) is 42.1 Å². The number of halogens is 3. The molecule has 26 aliphatic rings. The summed E-state index contributed by atoms with van der Waals surface area (Å²) in [5, 5.41) is 0. The molecule has 0 radical (unpaired) electrons. The molecule has 0 bridgehead atoms. The van der Waals surface area contributed by atoms with Crippen molar-refractivity contribution in [3.63, 3.8) is 0 Å². The summed E-state index contributed by atoms with van der Waals surface area (Å²) in [7, 11) is 0. The first-order valence-electron chi connectivity index (χ1n) is 68.7. The molecule has 6 aliphatic heterocycles. The number of alkyl halides is 3. The Kier molecular flexibility index (Phi) is 28.6. The van der Waals surface area contributed by atoms with Gasteiger partial charge in [0.1, 0.15) is 18.5 Å². The predicted octanol–water partition coefficient (Wildman–Crippen LogP) is 32.0. The van der Waals surface area contributed by atoms with Crippen molar-refractivity contribution in [1.82, 2.24) is 14.7 Å². The SMILES string of the molecule is CC(C)(C)C1CCC(C2CCC(N(C3CCC(C4CCC(C(C)(C)C)CC4)CC3)C3CCCC4C5CCC6OC7CCCCC7C6C5OC43)CC2)CC1.FC1CC(F)C(C2CCC(N(C3CCCCC3)C3CCCC4C5CCC6OC7CCCCC7C6C5OC43)CC2)C(F)C1.[2H]C1C([2H])C([2H])C(C2CCC(N(C3CCC(C4C([2H])C([2H])C([2H])C([2H])C4[2H])CC3)C3CCCC4C5CCC6OC7CCCCC7C6C5OC43)CC2)C([2H])C1[2H]. The monoisotopic (exact) mass is 1950 g/mol. The van der Waals surface area contributed by atoms with Gasteiger partial charge in [-0.05, 0) is 437 Å². The van der Waals surface area contributed by atoms with E-state index in [2.05, 4.69) is 56.2 Å². The summed E-state index contributed by atoms with van der Waals surface area (Å²) in [4.78, 5) is 9.20. The van der Waals surface area contributed by atoms with Crippen molar-refractivity contribution in [1.29, 1.82) is 0 Å². The van der Waals surface area contributed by atoms with E-state index < -0.39 is 88.4 Å². The van der Waals surface area contributed by atoms with E-state index in [9.17, 15) is 13.2 Å². The number of ether oxygens (including phenoxy) is 6. The normalized spacial score (nSPS) is 57.8. The smallest absolute Gasteiger partial charge is 0.109 e. The molecule has 0 aromatic carbocycles. The molecule has 6 heterocycles. The lowest BCUT2D eigenvalue weighted by atomic mass is 9.64. The van der Waals surface area contributed by atoms with Crippen molar-refractivity contribution < 1.29 is 55.3 Å². The molecule has 6 saturated heterocycles. The van der Waals surface area contributed by atoms with E-state index in [0.717, 1.165) is 149 Å². The van der Waals surface area contributed by atoms with Gasteiger partial charge in [0, 0.05) is 105 Å². The van der Waals surface area contributed by atoms with E-state index in [-0.39, 0.29) is 48.5 Å². The fourth-order valence-electron chi connectivity index (χ4n) is 41.7. The van der Waals surface area contributed by atoms with Gasteiger partial charge in [0.05, 0.1) is 73.2 Å². The van der Waals surface area contributed by atoms with Gasteiger partial charge in [0.25, 0.3) is 0 Å². The van der Waals surface area contributed by atoms with Crippen LogP contribution in [0.15, 0.2) is 0 Å². The zero-order chi connectivity index (χ0) is 103. The van der Waals surface area contributed by atoms with Gasteiger partial charge in [-0.3, -0.25) is 14.7 Å². The highest BCUT2D eigenvalue weighted by Crippen LogP contribution is 2.64. The maximum Gasteiger partial charge on any atom is 0.109 e. The van der Waals surface area contributed by atoms with Gasteiger partial charge >= 0.3 is 0 Å². The molecule has 20 aliphatic carbocycles. The predicted molar refractivity (Wildman–Crippen MR) is 561 cm³/mol. The van der Waals surface area contributed by atoms with Crippen LogP contribution in [0.1, 0.15) is 517 Å². The van der Waals surface area contributed by atoms with Gasteiger partial charge in [-0.1, -0.05) is 183 Å². The minimum Gasteiger partial charge on any atom is -0.374 e. The summed E-state index contributed by atoms with van der Waals surface area (Å²) in [5.74, 6) is 13.2. The van der Waals surface area contributed by atoms with Gasteiger partial charge < -0.3 is 28.4 Å². The molecule has 140 heavy (non-hydrogen) atoms. The minimum atomic E-state index is -1.32. The quantitative estimate of drug-likeness (QED) is 0.169. The summed E-state index contributed by atoms with van der Waals surface area (Å²) >= 11 is 0. The third-order valence-electron chi connectivity index (χ3n) is 48.4. The highest BCUT2D eigenvalue weighted by molar-refractivity contribution is 5.16. The Morgan fingerprint density at radius 3 is 0.771 bits per heavy atom. The molecule has 12 heteroatoms. The molecule has 37 atom stereocenters. The van der Waals surface area contributed by atoms with Crippen LogP contribution in [0.4, 0.5) is 13.2 Å². The van der Waals surface area contributed by atoms with Gasteiger partial charge in [-0.15, -0.1) is 0 Å². The van der Waals surface area contributed by atoms with Crippen LogP contribution < -0.4 is 0 Å². The van der Waals surface area contributed by atoms with Crippen LogP contribution in [0.3, 0.4) is 0 Å². The number of hydrogen-bond acceptors (Lipinski definition) is 9. The second-order valence-corrected chi connectivity index (χ2v) is 56.8. The molecule has 20 saturated carbocycles. The van der Waals surface area contributed by atoms with Crippen LogP contribution in [-0.2, 0) is 28.4 Å². The third kappa shape index (κ3) is 20.7. The molecule has 0 aromatic rings.